The number of nitrogens with zero attached hydrogens (tertiary/aromatic N) is 1. The van der Waals surface area contributed by atoms with E-state index in [1.807, 2.05) is 19.2 Å². The van der Waals surface area contributed by atoms with Crippen molar-refractivity contribution in [3.05, 3.63) is 36.0 Å². The quantitative estimate of drug-likeness (QED) is 0.929. The summed E-state index contributed by atoms with van der Waals surface area (Å²) >= 11 is 0. The Labute approximate surface area is 126 Å². The monoisotopic (exact) mass is 284 g/mol. The Hall–Kier alpha value is -1.61. The molecule has 1 aromatic heterocycles. The predicted molar refractivity (Wildman–Crippen MR) is 86.7 cm³/mol. The van der Waals surface area contributed by atoms with Crippen LogP contribution in [0.15, 0.2) is 30.5 Å². The number of pyridine rings is 1. The Morgan fingerprint density at radius 3 is 2.71 bits per heavy atom. The zero-order valence-corrected chi connectivity index (χ0v) is 12.8. The summed E-state index contributed by atoms with van der Waals surface area (Å²) < 4.78 is 5.73. The molecule has 1 saturated carbocycles. The summed E-state index contributed by atoms with van der Waals surface area (Å²) in [6, 6.07) is 8.45. The smallest absolute Gasteiger partial charge is 0.145 e. The zero-order chi connectivity index (χ0) is 14.7. The molecule has 0 radical (unpaired) electrons. The van der Waals surface area contributed by atoms with Crippen LogP contribution in [0.3, 0.4) is 0 Å². The Morgan fingerprint density at radius 1 is 1.19 bits per heavy atom. The summed E-state index contributed by atoms with van der Waals surface area (Å²) in [5.74, 6) is 0.875. The van der Waals surface area contributed by atoms with Crippen molar-refractivity contribution in [1.29, 1.82) is 0 Å². The summed E-state index contributed by atoms with van der Waals surface area (Å²) in [6.45, 7) is 3.38. The van der Waals surface area contributed by atoms with Gasteiger partial charge in [0.1, 0.15) is 11.3 Å². The highest BCUT2D eigenvalue weighted by Crippen LogP contribution is 2.42. The molecule has 1 aliphatic carbocycles. The van der Waals surface area contributed by atoms with Gasteiger partial charge in [-0.05, 0) is 37.5 Å². The molecule has 0 aliphatic heterocycles. The molecule has 1 heterocycles. The minimum absolute atomic E-state index is 0.115. The highest BCUT2D eigenvalue weighted by Gasteiger charge is 2.34. The average molecular weight is 284 g/mol. The van der Waals surface area contributed by atoms with Crippen molar-refractivity contribution < 1.29 is 4.74 Å². The second kappa shape index (κ2) is 6.02. The van der Waals surface area contributed by atoms with Gasteiger partial charge in [0.25, 0.3) is 0 Å². The van der Waals surface area contributed by atoms with E-state index < -0.39 is 0 Å². The predicted octanol–water partition coefficient (Wildman–Crippen LogP) is 3.79. The van der Waals surface area contributed by atoms with Gasteiger partial charge < -0.3 is 10.5 Å². The Kier molecular flexibility index (Phi) is 4.11. The summed E-state index contributed by atoms with van der Waals surface area (Å²) in [7, 11) is 0. The molecule has 3 nitrogen and oxygen atoms in total. The molecule has 0 amide bonds. The normalized spacial score (nSPS) is 17.8. The van der Waals surface area contributed by atoms with Gasteiger partial charge in [-0.3, -0.25) is 4.98 Å². The minimum Gasteiger partial charge on any atom is -0.492 e. The van der Waals surface area contributed by atoms with Crippen LogP contribution in [0.5, 0.6) is 5.75 Å². The van der Waals surface area contributed by atoms with Crippen molar-refractivity contribution in [2.45, 2.75) is 44.4 Å². The van der Waals surface area contributed by atoms with Crippen molar-refractivity contribution in [1.82, 2.24) is 4.98 Å². The maximum Gasteiger partial charge on any atom is 0.145 e. The van der Waals surface area contributed by atoms with E-state index in [4.69, 9.17) is 10.5 Å². The highest BCUT2D eigenvalue weighted by atomic mass is 16.5. The first kappa shape index (κ1) is 14.3. The molecule has 0 bridgehead atoms. The number of rotatable bonds is 4. The van der Waals surface area contributed by atoms with Gasteiger partial charge in [-0.2, -0.15) is 0 Å². The summed E-state index contributed by atoms with van der Waals surface area (Å²) in [5, 5.41) is 1.20. The van der Waals surface area contributed by atoms with Crippen LogP contribution in [0.2, 0.25) is 0 Å². The van der Waals surface area contributed by atoms with Crippen molar-refractivity contribution >= 4 is 10.9 Å². The van der Waals surface area contributed by atoms with Crippen LogP contribution in [0.25, 0.3) is 10.9 Å². The average Bonchev–Trinajstić information content (AvgIpc) is 2.56. The van der Waals surface area contributed by atoms with E-state index in [-0.39, 0.29) is 5.41 Å². The van der Waals surface area contributed by atoms with Gasteiger partial charge in [0.15, 0.2) is 0 Å². The standard InChI is InChI=1S/C18H24N2O/c1-2-21-16-9-8-15(14-7-6-12-20-17(14)16)18(13-19)10-4-3-5-11-18/h6-9,12H,2-5,10-11,13,19H2,1H3. The molecule has 3 rings (SSSR count). The van der Waals surface area contributed by atoms with Gasteiger partial charge >= 0.3 is 0 Å². The highest BCUT2D eigenvalue weighted by molar-refractivity contribution is 5.88. The lowest BCUT2D eigenvalue weighted by Gasteiger charge is -2.37. The topological polar surface area (TPSA) is 48.1 Å². The van der Waals surface area contributed by atoms with E-state index in [2.05, 4.69) is 23.2 Å². The Balaban J connectivity index is 2.16. The molecule has 1 aromatic carbocycles. The second-order valence-corrected chi connectivity index (χ2v) is 5.99. The molecule has 2 N–H and O–H groups in total. The maximum absolute atomic E-state index is 6.21. The fourth-order valence-electron chi connectivity index (χ4n) is 3.69. The third kappa shape index (κ3) is 2.51. The fourth-order valence-corrected chi connectivity index (χ4v) is 3.69. The molecule has 0 saturated heterocycles. The van der Waals surface area contributed by atoms with E-state index in [1.54, 1.807) is 0 Å². The molecule has 1 fully saturated rings. The first-order valence-electron chi connectivity index (χ1n) is 8.02. The lowest BCUT2D eigenvalue weighted by molar-refractivity contribution is 0.302. The van der Waals surface area contributed by atoms with E-state index >= 15 is 0 Å². The minimum atomic E-state index is 0.115. The molecule has 0 atom stereocenters. The molecule has 2 aromatic rings. The second-order valence-electron chi connectivity index (χ2n) is 5.99. The van der Waals surface area contributed by atoms with Crippen molar-refractivity contribution in [3.63, 3.8) is 0 Å². The molecule has 3 heteroatoms. The van der Waals surface area contributed by atoms with Gasteiger partial charge in [-0.25, -0.2) is 0 Å². The number of nitrogens with two attached hydrogens (primary N) is 1. The van der Waals surface area contributed by atoms with Gasteiger partial charge in [-0.15, -0.1) is 0 Å². The number of fused-ring (bicyclic) bond motifs is 1. The van der Waals surface area contributed by atoms with E-state index in [9.17, 15) is 0 Å². The zero-order valence-electron chi connectivity index (χ0n) is 12.8. The molecule has 0 unspecified atom stereocenters. The first-order chi connectivity index (χ1) is 10.3. The SMILES string of the molecule is CCOc1ccc(C2(CN)CCCCC2)c2cccnc12. The van der Waals surface area contributed by atoms with E-state index in [0.29, 0.717) is 13.2 Å². The summed E-state index contributed by atoms with van der Waals surface area (Å²) in [4.78, 5) is 4.55. The Bertz CT molecular complexity index is 618. The maximum atomic E-state index is 6.21. The summed E-state index contributed by atoms with van der Waals surface area (Å²) in [6.07, 6.45) is 8.07. The van der Waals surface area contributed by atoms with Crippen LogP contribution in [0, 0.1) is 0 Å². The lowest BCUT2D eigenvalue weighted by atomic mass is 9.68. The van der Waals surface area contributed by atoms with Crippen LogP contribution < -0.4 is 10.5 Å². The summed E-state index contributed by atoms with van der Waals surface area (Å²) in [5.41, 5.74) is 8.65. The number of aromatic nitrogens is 1. The van der Waals surface area contributed by atoms with Crippen molar-refractivity contribution in [3.8, 4) is 5.75 Å². The third-order valence-electron chi connectivity index (χ3n) is 4.81. The molecular weight excluding hydrogens is 260 g/mol. The van der Waals surface area contributed by atoms with Gasteiger partial charge in [0, 0.05) is 23.5 Å². The third-order valence-corrected chi connectivity index (χ3v) is 4.81. The van der Waals surface area contributed by atoms with Crippen molar-refractivity contribution in [2.24, 2.45) is 5.73 Å². The lowest BCUT2D eigenvalue weighted by Crippen LogP contribution is -2.37. The van der Waals surface area contributed by atoms with Crippen molar-refractivity contribution in [2.75, 3.05) is 13.2 Å². The number of benzene rings is 1. The van der Waals surface area contributed by atoms with Gasteiger partial charge in [0.05, 0.1) is 6.61 Å². The van der Waals surface area contributed by atoms with Crippen LogP contribution in [-0.2, 0) is 5.41 Å². The van der Waals surface area contributed by atoms with Gasteiger partial charge in [0.2, 0.25) is 0 Å². The van der Waals surface area contributed by atoms with Crippen LogP contribution in [-0.4, -0.2) is 18.1 Å². The molecule has 112 valence electrons. The van der Waals surface area contributed by atoms with E-state index in [0.717, 1.165) is 11.3 Å². The van der Waals surface area contributed by atoms with E-state index in [1.165, 1.54) is 43.1 Å². The van der Waals surface area contributed by atoms with Crippen LogP contribution in [0.4, 0.5) is 0 Å². The molecule has 1 aliphatic rings. The van der Waals surface area contributed by atoms with Gasteiger partial charge in [-0.1, -0.05) is 31.4 Å². The number of hydrogen-bond donors (Lipinski definition) is 1. The first-order valence-corrected chi connectivity index (χ1v) is 8.02. The fraction of sp³-hybridized carbons (Fsp3) is 0.500. The number of hydrogen-bond acceptors (Lipinski definition) is 3. The number of ether oxygens (including phenoxy) is 1. The van der Waals surface area contributed by atoms with Crippen LogP contribution >= 0.6 is 0 Å². The molecular formula is C18H24N2O. The molecule has 21 heavy (non-hydrogen) atoms. The molecule has 0 spiro atoms. The van der Waals surface area contributed by atoms with Crippen LogP contribution in [0.1, 0.15) is 44.6 Å². The largest absolute Gasteiger partial charge is 0.492 e. The Morgan fingerprint density at radius 2 is 2.00 bits per heavy atom.